The van der Waals surface area contributed by atoms with Crippen LogP contribution in [0.25, 0.3) is 10.8 Å². The van der Waals surface area contributed by atoms with Crippen LogP contribution in [0.1, 0.15) is 0 Å². The van der Waals surface area contributed by atoms with Crippen LogP contribution in [-0.2, 0) is 0 Å². The van der Waals surface area contributed by atoms with Gasteiger partial charge in [0.15, 0.2) is 0 Å². The van der Waals surface area contributed by atoms with Gasteiger partial charge in [-0.05, 0) is 0 Å². The second-order valence-corrected chi connectivity index (χ2v) is 4.96. The third-order valence-electron chi connectivity index (χ3n) is 2.06. The Bertz CT molecular complexity index is 388. The van der Waals surface area contributed by atoms with Gasteiger partial charge in [-0.2, -0.15) is 0 Å². The number of fused-ring (bicyclic) bond motifs is 1. The van der Waals surface area contributed by atoms with E-state index in [9.17, 15) is 0 Å². The predicted octanol–water partition coefficient (Wildman–Crippen LogP) is 2.22. The van der Waals surface area contributed by atoms with Gasteiger partial charge in [0.25, 0.3) is 0 Å². The summed E-state index contributed by atoms with van der Waals surface area (Å²) in [6, 6.07) is 15.2. The van der Waals surface area contributed by atoms with Crippen LogP contribution in [-0.4, -0.2) is 15.4 Å². The molecular formula is C11H10Ge. The van der Waals surface area contributed by atoms with Crippen molar-refractivity contribution in [3.8, 4) is 0 Å². The molecule has 0 heterocycles. The van der Waals surface area contributed by atoms with E-state index in [2.05, 4.69) is 48.2 Å². The first-order valence-corrected chi connectivity index (χ1v) is 7.22. The molecule has 0 unspecified atom stereocenters. The van der Waals surface area contributed by atoms with Gasteiger partial charge < -0.3 is 0 Å². The van der Waals surface area contributed by atoms with E-state index in [1.165, 1.54) is 10.8 Å². The Balaban J connectivity index is 2.79. The molecule has 0 saturated heterocycles. The standard InChI is InChI=1S/C11H10Ge/c1-12-11-8-4-6-9-5-2-3-7-10(9)11/h2-8H,1H3. The number of hydrogen-bond donors (Lipinski definition) is 0. The van der Waals surface area contributed by atoms with Crippen LogP contribution in [0.5, 0.6) is 0 Å². The number of benzene rings is 2. The predicted molar refractivity (Wildman–Crippen MR) is 55.2 cm³/mol. The van der Waals surface area contributed by atoms with Crippen LogP contribution < -0.4 is 4.40 Å². The second kappa shape index (κ2) is 3.32. The van der Waals surface area contributed by atoms with Crippen LogP contribution in [0.3, 0.4) is 0 Å². The number of hydrogen-bond acceptors (Lipinski definition) is 0. The van der Waals surface area contributed by atoms with E-state index in [1.807, 2.05) is 0 Å². The van der Waals surface area contributed by atoms with Gasteiger partial charge in [-0.25, -0.2) is 0 Å². The van der Waals surface area contributed by atoms with Gasteiger partial charge in [-0.15, -0.1) is 0 Å². The molecule has 2 aromatic rings. The molecule has 0 aliphatic carbocycles. The molecule has 12 heavy (non-hydrogen) atoms. The SMILES string of the molecule is [CH3][Ge][c]1cccc2ccccc12. The molecule has 0 amide bonds. The number of rotatable bonds is 1. The summed E-state index contributed by atoms with van der Waals surface area (Å²) in [7, 11) is 0. The van der Waals surface area contributed by atoms with E-state index >= 15 is 0 Å². The van der Waals surface area contributed by atoms with E-state index in [4.69, 9.17) is 0 Å². The Morgan fingerprint density at radius 1 is 0.917 bits per heavy atom. The van der Waals surface area contributed by atoms with Crippen molar-refractivity contribution in [2.75, 3.05) is 0 Å². The van der Waals surface area contributed by atoms with Crippen molar-refractivity contribution in [2.24, 2.45) is 0 Å². The van der Waals surface area contributed by atoms with E-state index in [0.29, 0.717) is 0 Å². The summed E-state index contributed by atoms with van der Waals surface area (Å²) in [5.74, 6) is 2.32. The minimum atomic E-state index is 0.0837. The van der Waals surface area contributed by atoms with E-state index < -0.39 is 0 Å². The summed E-state index contributed by atoms with van der Waals surface area (Å²) in [6.07, 6.45) is 0. The van der Waals surface area contributed by atoms with Gasteiger partial charge in [0.1, 0.15) is 0 Å². The molecule has 0 spiro atoms. The summed E-state index contributed by atoms with van der Waals surface area (Å²) < 4.78 is 1.56. The zero-order chi connectivity index (χ0) is 8.39. The van der Waals surface area contributed by atoms with Gasteiger partial charge in [-0.1, -0.05) is 0 Å². The molecule has 0 nitrogen and oxygen atoms in total. The fraction of sp³-hybridized carbons (Fsp3) is 0.0909. The molecule has 0 bridgehead atoms. The molecular weight excluding hydrogens is 205 g/mol. The summed E-state index contributed by atoms with van der Waals surface area (Å²) in [5.41, 5.74) is 0. The molecule has 0 fully saturated rings. The van der Waals surface area contributed by atoms with Crippen LogP contribution >= 0.6 is 0 Å². The summed E-state index contributed by atoms with van der Waals surface area (Å²) in [6.45, 7) is 0. The van der Waals surface area contributed by atoms with Crippen molar-refractivity contribution < 1.29 is 0 Å². The Hall–Kier alpha value is -0.757. The quantitative estimate of drug-likeness (QED) is 0.639. The van der Waals surface area contributed by atoms with Crippen molar-refractivity contribution in [3.05, 3.63) is 42.5 Å². The van der Waals surface area contributed by atoms with Gasteiger partial charge in [0, 0.05) is 0 Å². The molecule has 0 atom stereocenters. The van der Waals surface area contributed by atoms with E-state index in [1.54, 1.807) is 4.40 Å². The second-order valence-electron chi connectivity index (χ2n) is 2.78. The molecule has 58 valence electrons. The molecule has 2 aromatic carbocycles. The fourth-order valence-corrected chi connectivity index (χ4v) is 3.04. The maximum atomic E-state index is 2.32. The van der Waals surface area contributed by atoms with Crippen LogP contribution in [0.4, 0.5) is 0 Å². The first-order chi connectivity index (χ1) is 5.92. The monoisotopic (exact) mass is 216 g/mol. The molecule has 1 heteroatoms. The molecule has 2 rings (SSSR count). The third kappa shape index (κ3) is 1.27. The van der Waals surface area contributed by atoms with Gasteiger partial charge >= 0.3 is 78.8 Å². The van der Waals surface area contributed by atoms with Gasteiger partial charge in [-0.3, -0.25) is 0 Å². The van der Waals surface area contributed by atoms with Crippen LogP contribution in [0, 0.1) is 0 Å². The van der Waals surface area contributed by atoms with Crippen molar-refractivity contribution in [2.45, 2.75) is 5.76 Å². The molecule has 0 aromatic heterocycles. The van der Waals surface area contributed by atoms with Crippen LogP contribution in [0.2, 0.25) is 5.76 Å². The molecule has 0 aliphatic heterocycles. The molecule has 0 N–H and O–H groups in total. The maximum absolute atomic E-state index is 2.32. The average molecular weight is 215 g/mol. The summed E-state index contributed by atoms with van der Waals surface area (Å²) in [5, 5.41) is 2.82. The Morgan fingerprint density at radius 3 is 2.50 bits per heavy atom. The van der Waals surface area contributed by atoms with Gasteiger partial charge in [0.2, 0.25) is 0 Å². The Kier molecular flexibility index (Phi) is 2.18. The van der Waals surface area contributed by atoms with Crippen LogP contribution in [0.15, 0.2) is 42.5 Å². The van der Waals surface area contributed by atoms with E-state index in [0.717, 1.165) is 0 Å². The molecule has 2 radical (unpaired) electrons. The normalized spacial score (nSPS) is 10.4. The third-order valence-corrected chi connectivity index (χ3v) is 4.10. The first kappa shape index (κ1) is 7.87. The minimum absolute atomic E-state index is 0.0837. The topological polar surface area (TPSA) is 0 Å². The summed E-state index contributed by atoms with van der Waals surface area (Å²) in [4.78, 5) is 0. The first-order valence-electron chi connectivity index (χ1n) is 4.07. The van der Waals surface area contributed by atoms with E-state index in [-0.39, 0.29) is 15.4 Å². The average Bonchev–Trinajstić information content (AvgIpc) is 2.17. The van der Waals surface area contributed by atoms with Crippen molar-refractivity contribution in [1.29, 1.82) is 0 Å². The Labute approximate surface area is 79.1 Å². The Morgan fingerprint density at radius 2 is 1.67 bits per heavy atom. The molecule has 0 aliphatic rings. The fourth-order valence-electron chi connectivity index (χ4n) is 1.44. The van der Waals surface area contributed by atoms with Crippen molar-refractivity contribution >= 4 is 30.6 Å². The molecule has 0 saturated carbocycles. The van der Waals surface area contributed by atoms with Crippen molar-refractivity contribution in [3.63, 3.8) is 0 Å². The zero-order valence-electron chi connectivity index (χ0n) is 7.04. The van der Waals surface area contributed by atoms with Gasteiger partial charge in [0.05, 0.1) is 0 Å². The zero-order valence-corrected chi connectivity index (χ0v) is 9.14. The summed E-state index contributed by atoms with van der Waals surface area (Å²) >= 11 is 0.0837. The van der Waals surface area contributed by atoms with Crippen molar-refractivity contribution in [1.82, 2.24) is 0 Å².